The average Bonchev–Trinajstić information content (AvgIpc) is 3.22. The molecule has 26 heavy (non-hydrogen) atoms. The molecule has 1 aliphatic heterocycles. The highest BCUT2D eigenvalue weighted by Crippen LogP contribution is 2.36. The molecule has 0 bridgehead atoms. The van der Waals surface area contributed by atoms with Crippen molar-refractivity contribution in [3.63, 3.8) is 0 Å². The fraction of sp³-hybridized carbons (Fsp3) is 0.227. The lowest BCUT2D eigenvalue weighted by Crippen LogP contribution is -2.32. The zero-order valence-electron chi connectivity index (χ0n) is 18.0. The molecule has 5 rings (SSSR count). The molecule has 4 aromatic rings. The molecule has 0 fully saturated rings. The number of hydrogen-bond donors (Lipinski definition) is 0. The maximum absolute atomic E-state index is 8.11. The van der Waals surface area contributed by atoms with Crippen molar-refractivity contribution in [2.24, 2.45) is 7.05 Å². The van der Waals surface area contributed by atoms with Gasteiger partial charge in [0.05, 0.1) is 23.5 Å². The minimum atomic E-state index is -2.21. The van der Waals surface area contributed by atoms with E-state index in [9.17, 15) is 0 Å². The molecule has 0 radical (unpaired) electrons. The Morgan fingerprint density at radius 2 is 2.12 bits per heavy atom. The van der Waals surface area contributed by atoms with E-state index in [-0.39, 0.29) is 0 Å². The molecular formula is C22H21N4+. The zero-order chi connectivity index (χ0) is 20.5. The molecule has 4 heteroatoms. The first-order valence-electron chi connectivity index (χ1n) is 10.2. The van der Waals surface area contributed by atoms with Crippen LogP contribution in [0.15, 0.2) is 36.7 Å². The van der Waals surface area contributed by atoms with Crippen molar-refractivity contribution in [1.29, 1.82) is 0 Å². The van der Waals surface area contributed by atoms with Crippen molar-refractivity contribution in [3.05, 3.63) is 59.2 Å². The quantitative estimate of drug-likeness (QED) is 0.489. The summed E-state index contributed by atoms with van der Waals surface area (Å²) in [5, 5.41) is 0.983. The lowest BCUT2D eigenvalue weighted by Gasteiger charge is -2.12. The highest BCUT2D eigenvalue weighted by atomic mass is 15.1. The molecule has 0 aliphatic carbocycles. The van der Waals surface area contributed by atoms with E-state index < -0.39 is 6.85 Å². The summed E-state index contributed by atoms with van der Waals surface area (Å²) in [4.78, 5) is 9.48. The van der Waals surface area contributed by atoms with Crippen LogP contribution in [-0.2, 0) is 13.5 Å². The Bertz CT molecular complexity index is 1350. The van der Waals surface area contributed by atoms with Gasteiger partial charge in [-0.3, -0.25) is 0 Å². The standard InChI is InChI=1S/C22H21N4/c1-13-7-8-16-17(10-13)23-12-25(4)22(16)20-15(3)14(2)11-18-21(20)24-19-6-5-9-26(18)19/h5,7-12H,6H2,1-4H3/q+1/i2D3. The number of aryl methyl sites for hydroxylation is 3. The number of hydrogen-bond acceptors (Lipinski definition) is 2. The summed E-state index contributed by atoms with van der Waals surface area (Å²) in [5.74, 6) is 0.931. The van der Waals surface area contributed by atoms with Crippen LogP contribution in [0.25, 0.3) is 39.4 Å². The number of fused-ring (bicyclic) bond motifs is 4. The molecule has 3 heterocycles. The summed E-state index contributed by atoms with van der Waals surface area (Å²) < 4.78 is 28.3. The van der Waals surface area contributed by atoms with E-state index >= 15 is 0 Å². The van der Waals surface area contributed by atoms with Gasteiger partial charge in [0.2, 0.25) is 0 Å². The van der Waals surface area contributed by atoms with Crippen LogP contribution in [0.5, 0.6) is 0 Å². The Morgan fingerprint density at radius 1 is 1.23 bits per heavy atom. The molecule has 0 spiro atoms. The van der Waals surface area contributed by atoms with Gasteiger partial charge in [0, 0.05) is 16.7 Å². The second kappa shape index (κ2) is 5.24. The SMILES string of the molecule is [2H]C([2H])([2H])c1cc2c(nc3n2C=CC3)c(-c2c3ccc(C)cc3nc[n+]2C)c1C. The molecule has 128 valence electrons. The Balaban J connectivity index is 1.99. The lowest BCUT2D eigenvalue weighted by molar-refractivity contribution is -0.662. The third-order valence-electron chi connectivity index (χ3n) is 5.24. The number of aromatic nitrogens is 4. The van der Waals surface area contributed by atoms with Gasteiger partial charge in [-0.1, -0.05) is 12.1 Å². The van der Waals surface area contributed by atoms with Crippen LogP contribution in [0.4, 0.5) is 0 Å². The lowest BCUT2D eigenvalue weighted by atomic mass is 9.95. The van der Waals surface area contributed by atoms with E-state index in [0.717, 1.165) is 56.6 Å². The molecule has 0 saturated heterocycles. The predicted molar refractivity (Wildman–Crippen MR) is 105 cm³/mol. The highest BCUT2D eigenvalue weighted by molar-refractivity contribution is 6.02. The average molecular weight is 344 g/mol. The monoisotopic (exact) mass is 344 g/mol. The maximum Gasteiger partial charge on any atom is 0.287 e. The molecule has 2 aromatic carbocycles. The van der Waals surface area contributed by atoms with E-state index in [1.807, 2.05) is 42.3 Å². The normalized spacial score (nSPS) is 15.3. The van der Waals surface area contributed by atoms with Crippen molar-refractivity contribution >= 4 is 28.1 Å². The Kier molecular flexibility index (Phi) is 2.49. The maximum atomic E-state index is 8.11. The van der Waals surface area contributed by atoms with Gasteiger partial charge in [0.15, 0.2) is 5.52 Å². The van der Waals surface area contributed by atoms with Crippen molar-refractivity contribution in [2.45, 2.75) is 27.1 Å². The largest absolute Gasteiger partial charge is 0.303 e. The smallest absolute Gasteiger partial charge is 0.287 e. The number of benzene rings is 2. The first-order chi connectivity index (χ1) is 13.8. The molecule has 1 aliphatic rings. The van der Waals surface area contributed by atoms with Crippen LogP contribution >= 0.6 is 0 Å². The molecule has 4 nitrogen and oxygen atoms in total. The van der Waals surface area contributed by atoms with Crippen LogP contribution in [0.3, 0.4) is 0 Å². The van der Waals surface area contributed by atoms with E-state index in [4.69, 9.17) is 9.10 Å². The Hall–Kier alpha value is -3.01. The van der Waals surface area contributed by atoms with Crippen molar-refractivity contribution in [3.8, 4) is 11.3 Å². The molecule has 0 amide bonds. The molecule has 0 unspecified atom stereocenters. The van der Waals surface area contributed by atoms with Crippen molar-refractivity contribution in [1.82, 2.24) is 14.5 Å². The van der Waals surface area contributed by atoms with Gasteiger partial charge in [-0.15, -0.1) is 0 Å². The van der Waals surface area contributed by atoms with Gasteiger partial charge in [-0.2, -0.15) is 0 Å². The van der Waals surface area contributed by atoms with Crippen LogP contribution in [0.2, 0.25) is 0 Å². The Morgan fingerprint density at radius 3 is 2.96 bits per heavy atom. The van der Waals surface area contributed by atoms with Gasteiger partial charge in [0.1, 0.15) is 17.0 Å². The number of imidazole rings is 1. The number of rotatable bonds is 1. The summed E-state index contributed by atoms with van der Waals surface area (Å²) in [6.45, 7) is 1.72. The summed E-state index contributed by atoms with van der Waals surface area (Å²) in [6, 6.07) is 7.95. The van der Waals surface area contributed by atoms with Gasteiger partial charge in [0.25, 0.3) is 6.33 Å². The highest BCUT2D eigenvalue weighted by Gasteiger charge is 2.24. The summed E-state index contributed by atoms with van der Waals surface area (Å²) in [6.07, 6.45) is 6.55. The van der Waals surface area contributed by atoms with Crippen molar-refractivity contribution in [2.75, 3.05) is 0 Å². The summed E-state index contributed by atoms with van der Waals surface area (Å²) in [7, 11) is 1.94. The predicted octanol–water partition coefficient (Wildman–Crippen LogP) is 4.03. The molecule has 0 saturated carbocycles. The van der Waals surface area contributed by atoms with Gasteiger partial charge >= 0.3 is 0 Å². The summed E-state index contributed by atoms with van der Waals surface area (Å²) >= 11 is 0. The van der Waals surface area contributed by atoms with Crippen LogP contribution in [0, 0.1) is 20.7 Å². The Labute approximate surface area is 156 Å². The number of allylic oxidation sites excluding steroid dienone is 1. The third kappa shape index (κ3) is 1.99. The van der Waals surface area contributed by atoms with E-state index in [1.165, 1.54) is 0 Å². The first-order valence-corrected chi connectivity index (χ1v) is 8.72. The van der Waals surface area contributed by atoms with Gasteiger partial charge < -0.3 is 4.57 Å². The third-order valence-corrected chi connectivity index (χ3v) is 5.24. The second-order valence-electron chi connectivity index (χ2n) is 7.00. The molecule has 0 atom stereocenters. The molecule has 0 N–H and O–H groups in total. The second-order valence-corrected chi connectivity index (χ2v) is 7.00. The summed E-state index contributed by atoms with van der Waals surface area (Å²) in [5.41, 5.74) is 6.58. The first kappa shape index (κ1) is 12.4. The van der Waals surface area contributed by atoms with Crippen molar-refractivity contribution < 1.29 is 8.68 Å². The van der Waals surface area contributed by atoms with Gasteiger partial charge in [-0.05, 0) is 60.6 Å². The van der Waals surface area contributed by atoms with E-state index in [0.29, 0.717) is 5.56 Å². The van der Waals surface area contributed by atoms with E-state index in [2.05, 4.69) is 23.2 Å². The van der Waals surface area contributed by atoms with Gasteiger partial charge in [-0.25, -0.2) is 9.55 Å². The molecular weight excluding hydrogens is 320 g/mol. The number of nitrogens with zero attached hydrogens (tertiary/aromatic N) is 4. The molecule has 2 aromatic heterocycles. The fourth-order valence-corrected chi connectivity index (χ4v) is 3.89. The topological polar surface area (TPSA) is 34.6 Å². The van der Waals surface area contributed by atoms with E-state index in [1.54, 1.807) is 12.4 Å². The van der Waals surface area contributed by atoms with Crippen LogP contribution in [-0.4, -0.2) is 14.5 Å². The fourth-order valence-electron chi connectivity index (χ4n) is 3.89. The van der Waals surface area contributed by atoms with Crippen LogP contribution in [0.1, 0.15) is 26.6 Å². The minimum Gasteiger partial charge on any atom is -0.303 e. The minimum absolute atomic E-state index is 0.361. The zero-order valence-corrected chi connectivity index (χ0v) is 15.0. The van der Waals surface area contributed by atoms with Crippen LogP contribution < -0.4 is 4.57 Å².